The van der Waals surface area contributed by atoms with Gasteiger partial charge in [-0.15, -0.1) is 0 Å². The largest absolute Gasteiger partial charge is 0.293 e. The lowest BCUT2D eigenvalue weighted by Crippen LogP contribution is -2.02. The van der Waals surface area contributed by atoms with Crippen LogP contribution in [0.15, 0.2) is 24.3 Å². The minimum Gasteiger partial charge on any atom is -0.293 e. The fourth-order valence-corrected chi connectivity index (χ4v) is 2.10. The molecule has 0 saturated heterocycles. The lowest BCUT2D eigenvalue weighted by Gasteiger charge is -2.01. The second kappa shape index (κ2) is 6.67. The molecule has 1 aromatic carbocycles. The molecule has 0 aliphatic heterocycles. The molecule has 0 saturated carbocycles. The Morgan fingerprint density at radius 3 is 2.40 bits per heavy atom. The monoisotopic (exact) mass is 222 g/mol. The third kappa shape index (κ3) is 4.08. The summed E-state index contributed by atoms with van der Waals surface area (Å²) in [5.74, 6) is 1.93. The fraction of sp³-hybridized carbons (Fsp3) is 0.462. The third-order valence-corrected chi connectivity index (χ3v) is 3.43. The Kier molecular flexibility index (Phi) is 5.48. The molecule has 0 atom stereocenters. The number of carbonyl (C=O) groups is 1. The van der Waals surface area contributed by atoms with Crippen molar-refractivity contribution in [3.05, 3.63) is 35.4 Å². The van der Waals surface area contributed by atoms with E-state index in [4.69, 9.17) is 0 Å². The maximum atomic E-state index is 11.7. The van der Waals surface area contributed by atoms with Crippen molar-refractivity contribution < 1.29 is 4.79 Å². The van der Waals surface area contributed by atoms with Gasteiger partial charge in [-0.05, 0) is 24.2 Å². The summed E-state index contributed by atoms with van der Waals surface area (Å²) in [5, 5.41) is 0. The summed E-state index contributed by atoms with van der Waals surface area (Å²) in [6.07, 6.45) is 2.16. The van der Waals surface area contributed by atoms with Gasteiger partial charge < -0.3 is 0 Å². The van der Waals surface area contributed by atoms with E-state index in [2.05, 4.69) is 13.8 Å². The number of thioether (sulfide) groups is 1. The van der Waals surface area contributed by atoms with Gasteiger partial charge in [-0.2, -0.15) is 11.8 Å². The average molecular weight is 222 g/mol. The van der Waals surface area contributed by atoms with E-state index >= 15 is 0 Å². The van der Waals surface area contributed by atoms with Gasteiger partial charge in [0.15, 0.2) is 5.78 Å². The first kappa shape index (κ1) is 12.3. The van der Waals surface area contributed by atoms with Crippen molar-refractivity contribution >= 4 is 17.5 Å². The highest BCUT2D eigenvalue weighted by Gasteiger charge is 2.04. The van der Waals surface area contributed by atoms with Crippen molar-refractivity contribution in [2.24, 2.45) is 0 Å². The summed E-state index contributed by atoms with van der Waals surface area (Å²) in [4.78, 5) is 11.7. The normalized spacial score (nSPS) is 10.3. The molecule has 0 heterocycles. The van der Waals surface area contributed by atoms with Crippen molar-refractivity contribution in [2.75, 3.05) is 11.5 Å². The molecule has 1 nitrogen and oxygen atoms in total. The summed E-state index contributed by atoms with van der Waals surface area (Å²) in [5.41, 5.74) is 2.13. The van der Waals surface area contributed by atoms with Crippen LogP contribution in [-0.2, 0) is 6.42 Å². The Morgan fingerprint density at radius 1 is 1.20 bits per heavy atom. The minimum absolute atomic E-state index is 0.246. The van der Waals surface area contributed by atoms with Gasteiger partial charge in [0.2, 0.25) is 0 Å². The molecule has 15 heavy (non-hydrogen) atoms. The van der Waals surface area contributed by atoms with E-state index in [9.17, 15) is 4.79 Å². The number of rotatable bonds is 6. The van der Waals surface area contributed by atoms with Gasteiger partial charge in [-0.3, -0.25) is 4.79 Å². The first-order chi connectivity index (χ1) is 7.27. The Labute approximate surface area is 96.3 Å². The molecule has 0 N–H and O–H groups in total. The van der Waals surface area contributed by atoms with Crippen LogP contribution in [0.2, 0.25) is 0 Å². The van der Waals surface area contributed by atoms with Crippen LogP contribution in [0, 0.1) is 0 Å². The number of benzene rings is 1. The van der Waals surface area contributed by atoms with Crippen LogP contribution >= 0.6 is 11.8 Å². The SMILES string of the molecule is CCCSCC(=O)c1ccc(CC)cc1. The van der Waals surface area contributed by atoms with Gasteiger partial charge in [-0.1, -0.05) is 38.1 Å². The first-order valence-corrected chi connectivity index (χ1v) is 6.63. The highest BCUT2D eigenvalue weighted by molar-refractivity contribution is 7.99. The van der Waals surface area contributed by atoms with Crippen molar-refractivity contribution in [1.82, 2.24) is 0 Å². The second-order valence-electron chi connectivity index (χ2n) is 3.53. The standard InChI is InChI=1S/C13H18OS/c1-3-9-15-10-13(14)12-7-5-11(4-2)6-8-12/h5-8H,3-4,9-10H2,1-2H3. The molecule has 1 aromatic rings. The van der Waals surface area contributed by atoms with E-state index < -0.39 is 0 Å². The van der Waals surface area contributed by atoms with Crippen molar-refractivity contribution in [3.63, 3.8) is 0 Å². The van der Waals surface area contributed by atoms with Crippen LogP contribution in [0.5, 0.6) is 0 Å². The van der Waals surface area contributed by atoms with Crippen LogP contribution in [0.4, 0.5) is 0 Å². The number of hydrogen-bond acceptors (Lipinski definition) is 2. The van der Waals surface area contributed by atoms with E-state index in [0.29, 0.717) is 5.75 Å². The highest BCUT2D eigenvalue weighted by atomic mass is 32.2. The topological polar surface area (TPSA) is 17.1 Å². The molecule has 0 aliphatic rings. The molecule has 0 amide bonds. The Morgan fingerprint density at radius 2 is 1.87 bits per heavy atom. The molecule has 0 radical (unpaired) electrons. The van der Waals surface area contributed by atoms with Gasteiger partial charge in [0, 0.05) is 5.56 Å². The molecule has 1 rings (SSSR count). The van der Waals surface area contributed by atoms with E-state index in [1.807, 2.05) is 24.3 Å². The summed E-state index contributed by atoms with van der Waals surface area (Å²) in [6.45, 7) is 4.25. The zero-order valence-corrected chi connectivity index (χ0v) is 10.3. The number of aryl methyl sites for hydroxylation is 1. The van der Waals surface area contributed by atoms with Crippen molar-refractivity contribution in [1.29, 1.82) is 0 Å². The molecule has 0 aliphatic carbocycles. The highest BCUT2D eigenvalue weighted by Crippen LogP contribution is 2.10. The van der Waals surface area contributed by atoms with E-state index in [0.717, 1.165) is 24.2 Å². The zero-order valence-electron chi connectivity index (χ0n) is 9.45. The molecular weight excluding hydrogens is 204 g/mol. The maximum Gasteiger partial charge on any atom is 0.172 e. The summed E-state index contributed by atoms with van der Waals surface area (Å²) in [6, 6.07) is 7.96. The van der Waals surface area contributed by atoms with Gasteiger partial charge >= 0.3 is 0 Å². The van der Waals surface area contributed by atoms with Crippen LogP contribution in [0.3, 0.4) is 0 Å². The molecule has 82 valence electrons. The molecule has 0 aromatic heterocycles. The smallest absolute Gasteiger partial charge is 0.172 e. The molecule has 0 bridgehead atoms. The van der Waals surface area contributed by atoms with Crippen LogP contribution < -0.4 is 0 Å². The van der Waals surface area contributed by atoms with E-state index in [-0.39, 0.29) is 5.78 Å². The lowest BCUT2D eigenvalue weighted by molar-refractivity contribution is 0.102. The van der Waals surface area contributed by atoms with E-state index in [1.54, 1.807) is 11.8 Å². The van der Waals surface area contributed by atoms with Gasteiger partial charge in [0.05, 0.1) is 5.75 Å². The third-order valence-electron chi connectivity index (χ3n) is 2.27. The maximum absolute atomic E-state index is 11.7. The molecule has 0 fully saturated rings. The van der Waals surface area contributed by atoms with Gasteiger partial charge in [0.25, 0.3) is 0 Å². The first-order valence-electron chi connectivity index (χ1n) is 5.47. The van der Waals surface area contributed by atoms with Gasteiger partial charge in [-0.25, -0.2) is 0 Å². The predicted octanol–water partition coefficient (Wildman–Crippen LogP) is 3.57. The lowest BCUT2D eigenvalue weighted by atomic mass is 10.1. The number of ketones is 1. The Balaban J connectivity index is 2.50. The minimum atomic E-state index is 0.246. The van der Waals surface area contributed by atoms with Crippen LogP contribution in [0.1, 0.15) is 36.2 Å². The fourth-order valence-electron chi connectivity index (χ4n) is 1.32. The number of carbonyl (C=O) groups excluding carboxylic acids is 1. The Hall–Kier alpha value is -0.760. The van der Waals surface area contributed by atoms with Crippen LogP contribution in [-0.4, -0.2) is 17.3 Å². The summed E-state index contributed by atoms with van der Waals surface area (Å²) in [7, 11) is 0. The second-order valence-corrected chi connectivity index (χ2v) is 4.63. The van der Waals surface area contributed by atoms with E-state index in [1.165, 1.54) is 5.56 Å². The Bertz CT molecular complexity index is 303. The molecule has 0 unspecified atom stereocenters. The molecule has 0 spiro atoms. The number of Topliss-reactive ketones (excluding diaryl/α,β-unsaturated/α-hetero) is 1. The average Bonchev–Trinajstić information content (AvgIpc) is 2.29. The summed E-state index contributed by atoms with van der Waals surface area (Å²) >= 11 is 1.72. The quantitative estimate of drug-likeness (QED) is 0.540. The number of hydrogen-bond donors (Lipinski definition) is 0. The molecular formula is C13H18OS. The van der Waals surface area contributed by atoms with Crippen LogP contribution in [0.25, 0.3) is 0 Å². The predicted molar refractivity (Wildman–Crippen MR) is 67.8 cm³/mol. The van der Waals surface area contributed by atoms with Gasteiger partial charge in [0.1, 0.15) is 0 Å². The zero-order chi connectivity index (χ0) is 11.1. The van der Waals surface area contributed by atoms with Crippen molar-refractivity contribution in [2.45, 2.75) is 26.7 Å². The van der Waals surface area contributed by atoms with Crippen molar-refractivity contribution in [3.8, 4) is 0 Å². The molecule has 2 heteroatoms. The summed E-state index contributed by atoms with van der Waals surface area (Å²) < 4.78 is 0.